The number of benzene rings is 2. The number of hydrogen-bond donors (Lipinski definition) is 1. The van der Waals surface area contributed by atoms with E-state index in [4.69, 9.17) is 9.47 Å². The van der Waals surface area contributed by atoms with E-state index < -0.39 is 0 Å². The summed E-state index contributed by atoms with van der Waals surface area (Å²) >= 11 is 0. The van der Waals surface area contributed by atoms with Crippen LogP contribution in [0.1, 0.15) is 34.8 Å². The predicted molar refractivity (Wildman–Crippen MR) is 84.8 cm³/mol. The molecule has 4 nitrogen and oxygen atoms in total. The molecule has 0 saturated heterocycles. The van der Waals surface area contributed by atoms with Gasteiger partial charge in [0.15, 0.2) is 5.78 Å². The van der Waals surface area contributed by atoms with Crippen molar-refractivity contribution < 1.29 is 19.4 Å². The normalized spacial score (nSPS) is 10.3. The smallest absolute Gasteiger partial charge is 0.163 e. The Labute approximate surface area is 130 Å². The zero-order valence-electron chi connectivity index (χ0n) is 13.1. The van der Waals surface area contributed by atoms with Crippen molar-refractivity contribution in [3.05, 3.63) is 53.1 Å². The maximum atomic E-state index is 12.1. The summed E-state index contributed by atoms with van der Waals surface area (Å²) in [5.41, 5.74) is 2.20. The number of methoxy groups -OCH3 is 1. The number of carbonyl (C=O) groups is 1. The first-order valence-electron chi connectivity index (χ1n) is 7.18. The van der Waals surface area contributed by atoms with Crippen molar-refractivity contribution in [1.82, 2.24) is 0 Å². The van der Waals surface area contributed by atoms with Gasteiger partial charge in [0.25, 0.3) is 0 Å². The number of aryl methyl sites for hydroxylation is 1. The topological polar surface area (TPSA) is 55.8 Å². The lowest BCUT2D eigenvalue weighted by Gasteiger charge is -2.15. The van der Waals surface area contributed by atoms with E-state index in [-0.39, 0.29) is 18.1 Å². The summed E-state index contributed by atoms with van der Waals surface area (Å²) in [5.74, 6) is 1.55. The SMILES string of the molecule is CCC(=O)c1cccc(OC)c1COc1ccc(O)cc1C. The van der Waals surface area contributed by atoms with Gasteiger partial charge in [-0.05, 0) is 36.8 Å². The number of ether oxygens (including phenoxy) is 2. The Morgan fingerprint density at radius 1 is 1.18 bits per heavy atom. The largest absolute Gasteiger partial charge is 0.508 e. The molecule has 116 valence electrons. The monoisotopic (exact) mass is 300 g/mol. The molecule has 0 amide bonds. The lowest BCUT2D eigenvalue weighted by molar-refractivity contribution is 0.0985. The molecule has 2 aromatic rings. The second-order valence-corrected chi connectivity index (χ2v) is 5.00. The number of carbonyl (C=O) groups excluding carboxylic acids is 1. The van der Waals surface area contributed by atoms with Gasteiger partial charge in [-0.2, -0.15) is 0 Å². The van der Waals surface area contributed by atoms with Crippen LogP contribution >= 0.6 is 0 Å². The first-order chi connectivity index (χ1) is 10.6. The van der Waals surface area contributed by atoms with Gasteiger partial charge in [-0.3, -0.25) is 4.79 Å². The Morgan fingerprint density at radius 3 is 2.59 bits per heavy atom. The van der Waals surface area contributed by atoms with Gasteiger partial charge in [-0.15, -0.1) is 0 Å². The highest BCUT2D eigenvalue weighted by Gasteiger charge is 2.15. The number of Topliss-reactive ketones (excluding diaryl/α,β-unsaturated/α-hetero) is 1. The molecule has 1 N–H and O–H groups in total. The second kappa shape index (κ2) is 6.98. The van der Waals surface area contributed by atoms with E-state index in [9.17, 15) is 9.90 Å². The van der Waals surface area contributed by atoms with Crippen LogP contribution < -0.4 is 9.47 Å². The Kier molecular flexibility index (Phi) is 5.04. The molecule has 0 aromatic heterocycles. The summed E-state index contributed by atoms with van der Waals surface area (Å²) in [6.45, 7) is 3.92. The molecule has 0 unspecified atom stereocenters. The van der Waals surface area contributed by atoms with Crippen LogP contribution in [0.25, 0.3) is 0 Å². The van der Waals surface area contributed by atoms with Gasteiger partial charge < -0.3 is 14.6 Å². The molecule has 0 aliphatic carbocycles. The minimum absolute atomic E-state index is 0.0555. The van der Waals surface area contributed by atoms with Crippen LogP contribution in [-0.4, -0.2) is 18.0 Å². The Hall–Kier alpha value is -2.49. The number of hydrogen-bond acceptors (Lipinski definition) is 4. The number of phenolic OH excluding ortho intramolecular Hbond substituents is 1. The average Bonchev–Trinajstić information content (AvgIpc) is 2.53. The number of rotatable bonds is 6. The van der Waals surface area contributed by atoms with Gasteiger partial charge in [0.2, 0.25) is 0 Å². The molecule has 0 fully saturated rings. The Bertz CT molecular complexity index is 677. The third-order valence-corrected chi connectivity index (χ3v) is 3.51. The van der Waals surface area contributed by atoms with Gasteiger partial charge in [0.05, 0.1) is 7.11 Å². The third-order valence-electron chi connectivity index (χ3n) is 3.51. The summed E-state index contributed by atoms with van der Waals surface area (Å²) in [4.78, 5) is 12.1. The highest BCUT2D eigenvalue weighted by atomic mass is 16.5. The van der Waals surface area contributed by atoms with E-state index in [2.05, 4.69) is 0 Å². The highest BCUT2D eigenvalue weighted by Crippen LogP contribution is 2.27. The fourth-order valence-electron chi connectivity index (χ4n) is 2.30. The number of aromatic hydroxyl groups is 1. The molecule has 22 heavy (non-hydrogen) atoms. The summed E-state index contributed by atoms with van der Waals surface area (Å²) in [6, 6.07) is 10.3. The summed E-state index contributed by atoms with van der Waals surface area (Å²) in [6.07, 6.45) is 0.429. The van der Waals surface area contributed by atoms with Crippen molar-refractivity contribution in [2.75, 3.05) is 7.11 Å². The van der Waals surface area contributed by atoms with Crippen LogP contribution in [0.5, 0.6) is 17.2 Å². The fourth-order valence-corrected chi connectivity index (χ4v) is 2.30. The molecule has 0 aliphatic rings. The minimum atomic E-state index is 0.0555. The molecule has 0 saturated carbocycles. The van der Waals surface area contributed by atoms with Crippen LogP contribution in [0.2, 0.25) is 0 Å². The molecule has 0 atom stereocenters. The van der Waals surface area contributed by atoms with Crippen molar-refractivity contribution in [1.29, 1.82) is 0 Å². The van der Waals surface area contributed by atoms with Crippen LogP contribution in [-0.2, 0) is 6.61 Å². The van der Waals surface area contributed by atoms with Crippen LogP contribution in [0, 0.1) is 6.92 Å². The molecular formula is C18H20O4. The van der Waals surface area contributed by atoms with Gasteiger partial charge in [-0.1, -0.05) is 19.1 Å². The van der Waals surface area contributed by atoms with E-state index in [1.165, 1.54) is 0 Å². The second-order valence-electron chi connectivity index (χ2n) is 5.00. The van der Waals surface area contributed by atoms with Crippen molar-refractivity contribution in [2.24, 2.45) is 0 Å². The molecule has 0 spiro atoms. The maximum Gasteiger partial charge on any atom is 0.163 e. The predicted octanol–water partition coefficient (Wildman–Crippen LogP) is 3.88. The van der Waals surface area contributed by atoms with E-state index in [1.54, 1.807) is 37.4 Å². The molecule has 2 aromatic carbocycles. The summed E-state index contributed by atoms with van der Waals surface area (Å²) in [7, 11) is 1.57. The maximum absolute atomic E-state index is 12.1. The van der Waals surface area contributed by atoms with Crippen molar-refractivity contribution in [3.63, 3.8) is 0 Å². The summed E-state index contributed by atoms with van der Waals surface area (Å²) in [5, 5.41) is 9.43. The Morgan fingerprint density at radius 2 is 1.95 bits per heavy atom. The molecule has 0 heterocycles. The Balaban J connectivity index is 2.30. The van der Waals surface area contributed by atoms with Crippen molar-refractivity contribution in [3.8, 4) is 17.2 Å². The van der Waals surface area contributed by atoms with Gasteiger partial charge >= 0.3 is 0 Å². The summed E-state index contributed by atoms with van der Waals surface area (Å²) < 4.78 is 11.2. The van der Waals surface area contributed by atoms with E-state index >= 15 is 0 Å². The average molecular weight is 300 g/mol. The number of phenols is 1. The third kappa shape index (κ3) is 3.39. The van der Waals surface area contributed by atoms with Crippen LogP contribution in [0.4, 0.5) is 0 Å². The minimum Gasteiger partial charge on any atom is -0.508 e. The fraction of sp³-hybridized carbons (Fsp3) is 0.278. The van der Waals surface area contributed by atoms with Gasteiger partial charge in [-0.25, -0.2) is 0 Å². The first kappa shape index (κ1) is 15.9. The molecule has 2 rings (SSSR count). The van der Waals surface area contributed by atoms with E-state index in [1.807, 2.05) is 19.9 Å². The van der Waals surface area contributed by atoms with E-state index in [0.29, 0.717) is 23.5 Å². The van der Waals surface area contributed by atoms with Crippen LogP contribution in [0.3, 0.4) is 0 Å². The zero-order valence-corrected chi connectivity index (χ0v) is 13.1. The highest BCUT2D eigenvalue weighted by molar-refractivity contribution is 5.97. The van der Waals surface area contributed by atoms with E-state index in [0.717, 1.165) is 11.1 Å². The lowest BCUT2D eigenvalue weighted by Crippen LogP contribution is -2.08. The number of ketones is 1. The van der Waals surface area contributed by atoms with Crippen LogP contribution in [0.15, 0.2) is 36.4 Å². The first-order valence-corrected chi connectivity index (χ1v) is 7.18. The molecule has 4 heteroatoms. The standard InChI is InChI=1S/C18H20O4/c1-4-16(20)14-6-5-7-18(21-3)15(14)11-22-17-9-8-13(19)10-12(17)2/h5-10,19H,4,11H2,1-3H3. The lowest BCUT2D eigenvalue weighted by atomic mass is 10.0. The molecule has 0 bridgehead atoms. The van der Waals surface area contributed by atoms with Gasteiger partial charge in [0.1, 0.15) is 23.9 Å². The quantitative estimate of drug-likeness (QED) is 0.823. The molecular weight excluding hydrogens is 280 g/mol. The van der Waals surface area contributed by atoms with Gasteiger partial charge in [0, 0.05) is 17.5 Å². The van der Waals surface area contributed by atoms with Crippen molar-refractivity contribution in [2.45, 2.75) is 26.9 Å². The van der Waals surface area contributed by atoms with Crippen molar-refractivity contribution >= 4 is 5.78 Å². The molecule has 0 radical (unpaired) electrons. The zero-order chi connectivity index (χ0) is 16.1. The molecule has 0 aliphatic heterocycles.